The number of carboxylic acids is 1. The van der Waals surface area contributed by atoms with Crippen molar-refractivity contribution >= 4 is 17.1 Å². The number of aryl methyl sites for hydroxylation is 2. The van der Waals surface area contributed by atoms with Crippen LogP contribution in [0.2, 0.25) is 0 Å². The van der Waals surface area contributed by atoms with Gasteiger partial charge in [0.25, 0.3) is 5.56 Å². The first kappa shape index (κ1) is 14.0. The van der Waals surface area contributed by atoms with Gasteiger partial charge >= 0.3 is 11.7 Å². The highest BCUT2D eigenvalue weighted by molar-refractivity contribution is 5.74. The second kappa shape index (κ2) is 4.95. The third kappa shape index (κ3) is 2.02. The van der Waals surface area contributed by atoms with Crippen LogP contribution < -0.4 is 11.2 Å². The summed E-state index contributed by atoms with van der Waals surface area (Å²) in [6.45, 7) is 2.40. The van der Waals surface area contributed by atoms with Crippen LogP contribution in [0.1, 0.15) is 19.2 Å². The maximum atomic E-state index is 12.2. The number of imidazole rings is 1. The molecule has 0 aliphatic heterocycles. The van der Waals surface area contributed by atoms with E-state index in [0.717, 1.165) is 11.0 Å². The number of hydrogen-bond acceptors (Lipinski definition) is 4. The molecule has 0 spiro atoms. The molecule has 108 valence electrons. The van der Waals surface area contributed by atoms with Crippen molar-refractivity contribution < 1.29 is 9.90 Å². The van der Waals surface area contributed by atoms with Gasteiger partial charge in [0.2, 0.25) is 0 Å². The number of rotatable bonds is 4. The lowest BCUT2D eigenvalue weighted by atomic mass is 10.3. The van der Waals surface area contributed by atoms with Crippen molar-refractivity contribution in [3.05, 3.63) is 26.7 Å². The molecule has 0 amide bonds. The summed E-state index contributed by atoms with van der Waals surface area (Å²) in [5.74, 6) is -0.743. The molecule has 1 N–H and O–H groups in total. The van der Waals surface area contributed by atoms with Crippen LogP contribution in [-0.4, -0.2) is 29.8 Å². The predicted octanol–water partition coefficient (Wildman–Crippen LogP) is -0.529. The maximum absolute atomic E-state index is 12.2. The highest BCUT2D eigenvalue weighted by Crippen LogP contribution is 2.12. The van der Waals surface area contributed by atoms with Crippen molar-refractivity contribution in [2.75, 3.05) is 0 Å². The first-order valence-corrected chi connectivity index (χ1v) is 6.25. The molecule has 0 atom stereocenters. The molecule has 0 aliphatic carbocycles. The van der Waals surface area contributed by atoms with Crippen molar-refractivity contribution in [2.24, 2.45) is 14.1 Å². The second-order valence-electron chi connectivity index (χ2n) is 4.63. The molecule has 0 aliphatic rings. The summed E-state index contributed by atoms with van der Waals surface area (Å²) in [5, 5.41) is 8.93. The Kier molecular flexibility index (Phi) is 3.47. The Bertz CT molecular complexity index is 796. The molecular formula is C12H16N4O4. The fourth-order valence-electron chi connectivity index (χ4n) is 2.23. The largest absolute Gasteiger partial charge is 0.481 e. The number of carbonyl (C=O) groups is 1. The van der Waals surface area contributed by atoms with Gasteiger partial charge in [0, 0.05) is 20.6 Å². The molecule has 20 heavy (non-hydrogen) atoms. The lowest BCUT2D eigenvalue weighted by Gasteiger charge is -2.07. The Balaban J connectivity index is 2.91. The van der Waals surface area contributed by atoms with Crippen LogP contribution in [0.3, 0.4) is 0 Å². The summed E-state index contributed by atoms with van der Waals surface area (Å²) in [7, 11) is 2.90. The Hall–Kier alpha value is -2.38. The van der Waals surface area contributed by atoms with Crippen LogP contribution >= 0.6 is 0 Å². The fourth-order valence-corrected chi connectivity index (χ4v) is 2.23. The Labute approximate surface area is 113 Å². The van der Waals surface area contributed by atoms with Gasteiger partial charge in [-0.05, 0) is 6.42 Å². The van der Waals surface area contributed by atoms with Crippen molar-refractivity contribution in [1.82, 2.24) is 18.7 Å². The zero-order chi connectivity index (χ0) is 15.0. The van der Waals surface area contributed by atoms with Gasteiger partial charge in [-0.1, -0.05) is 6.92 Å². The second-order valence-corrected chi connectivity index (χ2v) is 4.63. The summed E-state index contributed by atoms with van der Waals surface area (Å²) in [4.78, 5) is 39.2. The van der Waals surface area contributed by atoms with Crippen LogP contribution in [0, 0.1) is 0 Å². The van der Waals surface area contributed by atoms with Gasteiger partial charge in [0.15, 0.2) is 11.2 Å². The molecule has 0 aromatic carbocycles. The van der Waals surface area contributed by atoms with E-state index in [-0.39, 0.29) is 23.4 Å². The Morgan fingerprint density at radius 1 is 1.25 bits per heavy atom. The van der Waals surface area contributed by atoms with E-state index in [9.17, 15) is 14.4 Å². The zero-order valence-corrected chi connectivity index (χ0v) is 11.6. The van der Waals surface area contributed by atoms with Gasteiger partial charge in [0.1, 0.15) is 12.2 Å². The minimum absolute atomic E-state index is 0.225. The first-order chi connectivity index (χ1) is 9.38. The minimum atomic E-state index is -1.03. The quantitative estimate of drug-likeness (QED) is 0.811. The van der Waals surface area contributed by atoms with Crippen LogP contribution in [0.4, 0.5) is 0 Å². The average molecular weight is 280 g/mol. The van der Waals surface area contributed by atoms with Crippen molar-refractivity contribution in [1.29, 1.82) is 0 Å². The van der Waals surface area contributed by atoms with Gasteiger partial charge < -0.3 is 9.67 Å². The average Bonchev–Trinajstić information content (AvgIpc) is 2.73. The first-order valence-electron chi connectivity index (χ1n) is 6.25. The summed E-state index contributed by atoms with van der Waals surface area (Å²) in [6.07, 6.45) is 0.441. The van der Waals surface area contributed by atoms with Crippen LogP contribution in [0.15, 0.2) is 9.59 Å². The zero-order valence-electron chi connectivity index (χ0n) is 11.6. The van der Waals surface area contributed by atoms with E-state index < -0.39 is 17.2 Å². The van der Waals surface area contributed by atoms with Gasteiger partial charge in [-0.25, -0.2) is 9.78 Å². The highest BCUT2D eigenvalue weighted by atomic mass is 16.4. The Morgan fingerprint density at radius 2 is 1.90 bits per heavy atom. The standard InChI is InChI=1S/C12H16N4O4/c1-4-5-16-7(6-8(17)18)13-10-9(16)11(19)15(3)12(20)14(10)2/h4-6H2,1-3H3,(H,17,18). The molecular weight excluding hydrogens is 264 g/mol. The summed E-state index contributed by atoms with van der Waals surface area (Å²) in [5.41, 5.74) is -0.443. The molecule has 0 bridgehead atoms. The number of aliphatic carboxylic acids is 1. The number of nitrogens with zero attached hydrogens (tertiary/aromatic N) is 4. The maximum Gasteiger partial charge on any atom is 0.332 e. The molecule has 2 rings (SSSR count). The monoisotopic (exact) mass is 280 g/mol. The van der Waals surface area contributed by atoms with E-state index in [1.54, 1.807) is 4.57 Å². The number of aromatic nitrogens is 4. The molecule has 0 radical (unpaired) electrons. The lowest BCUT2D eigenvalue weighted by molar-refractivity contribution is -0.136. The van der Waals surface area contributed by atoms with Gasteiger partial charge in [-0.2, -0.15) is 0 Å². The molecule has 2 aromatic heterocycles. The molecule has 0 saturated carbocycles. The van der Waals surface area contributed by atoms with E-state index >= 15 is 0 Å². The molecule has 0 saturated heterocycles. The van der Waals surface area contributed by atoms with Crippen molar-refractivity contribution in [3.8, 4) is 0 Å². The highest BCUT2D eigenvalue weighted by Gasteiger charge is 2.19. The number of carboxylic acid groups (broad SMARTS) is 1. The molecule has 2 heterocycles. The summed E-state index contributed by atoms with van der Waals surface area (Å²) < 4.78 is 3.85. The normalized spacial score (nSPS) is 11.2. The van der Waals surface area contributed by atoms with E-state index in [0.29, 0.717) is 6.54 Å². The molecule has 0 fully saturated rings. The van der Waals surface area contributed by atoms with E-state index in [4.69, 9.17) is 5.11 Å². The Morgan fingerprint density at radius 3 is 2.45 bits per heavy atom. The summed E-state index contributed by atoms with van der Waals surface area (Å²) >= 11 is 0. The topological polar surface area (TPSA) is 99.1 Å². The SMILES string of the molecule is CCCn1c(CC(=O)O)nc2c1c(=O)n(C)c(=O)n2C. The lowest BCUT2D eigenvalue weighted by Crippen LogP contribution is -2.37. The van der Waals surface area contributed by atoms with Crippen LogP contribution in [-0.2, 0) is 31.9 Å². The van der Waals surface area contributed by atoms with E-state index in [1.807, 2.05) is 6.92 Å². The van der Waals surface area contributed by atoms with Crippen molar-refractivity contribution in [3.63, 3.8) is 0 Å². The van der Waals surface area contributed by atoms with Gasteiger partial charge in [-0.15, -0.1) is 0 Å². The minimum Gasteiger partial charge on any atom is -0.481 e. The van der Waals surface area contributed by atoms with Gasteiger partial charge in [0.05, 0.1) is 0 Å². The van der Waals surface area contributed by atoms with E-state index in [1.165, 1.54) is 18.7 Å². The van der Waals surface area contributed by atoms with Crippen LogP contribution in [0.25, 0.3) is 11.2 Å². The number of fused-ring (bicyclic) bond motifs is 1. The van der Waals surface area contributed by atoms with Crippen LogP contribution in [0.5, 0.6) is 0 Å². The fraction of sp³-hybridized carbons (Fsp3) is 0.500. The van der Waals surface area contributed by atoms with Crippen molar-refractivity contribution in [2.45, 2.75) is 26.3 Å². The van der Waals surface area contributed by atoms with Gasteiger partial charge in [-0.3, -0.25) is 18.7 Å². The van der Waals surface area contributed by atoms with E-state index in [2.05, 4.69) is 4.98 Å². The smallest absolute Gasteiger partial charge is 0.332 e. The molecule has 8 heteroatoms. The molecule has 8 nitrogen and oxygen atoms in total. The molecule has 0 unspecified atom stereocenters. The summed E-state index contributed by atoms with van der Waals surface area (Å²) in [6, 6.07) is 0. The molecule has 2 aromatic rings. The predicted molar refractivity (Wildman–Crippen MR) is 71.8 cm³/mol. The number of hydrogen-bond donors (Lipinski definition) is 1. The third-order valence-corrected chi connectivity index (χ3v) is 3.18. The third-order valence-electron chi connectivity index (χ3n) is 3.18.